The van der Waals surface area contributed by atoms with Crippen LogP contribution >= 0.6 is 0 Å². The van der Waals surface area contributed by atoms with E-state index in [0.29, 0.717) is 0 Å². The molecule has 0 unspecified atom stereocenters. The first-order chi connectivity index (χ1) is 10.4. The third-order valence-electron chi connectivity index (χ3n) is 3.95. The van der Waals surface area contributed by atoms with Crippen LogP contribution in [0.1, 0.15) is 19.8 Å². The third kappa shape index (κ3) is 3.83. The fraction of sp³-hybridized carbons (Fsp3) is 0.667. The first-order valence-corrected chi connectivity index (χ1v) is 7.92. The molecule has 6 heteroatoms. The Labute approximate surface area is 126 Å². The van der Waals surface area contributed by atoms with E-state index in [1.165, 1.54) is 12.8 Å². The lowest BCUT2D eigenvalue weighted by Crippen LogP contribution is -2.53. The number of rotatable bonds is 4. The van der Waals surface area contributed by atoms with Gasteiger partial charge in [0.15, 0.2) is 5.96 Å². The van der Waals surface area contributed by atoms with Crippen LogP contribution in [0.3, 0.4) is 0 Å². The molecule has 2 fully saturated rings. The molecule has 1 aliphatic heterocycles. The molecule has 1 N–H and O–H groups in total. The summed E-state index contributed by atoms with van der Waals surface area (Å²) in [7, 11) is 0. The molecule has 1 aromatic rings. The summed E-state index contributed by atoms with van der Waals surface area (Å²) >= 11 is 0. The molecule has 2 aliphatic rings. The van der Waals surface area contributed by atoms with Gasteiger partial charge in [0.05, 0.1) is 0 Å². The van der Waals surface area contributed by atoms with Crippen molar-refractivity contribution in [3.05, 3.63) is 18.5 Å². The van der Waals surface area contributed by atoms with E-state index in [2.05, 4.69) is 32.0 Å². The zero-order valence-corrected chi connectivity index (χ0v) is 12.7. The molecular weight excluding hydrogens is 264 g/mol. The number of nitrogens with one attached hydrogen (secondary N) is 1. The highest BCUT2D eigenvalue weighted by Gasteiger charge is 2.23. The van der Waals surface area contributed by atoms with Crippen molar-refractivity contribution < 1.29 is 0 Å². The summed E-state index contributed by atoms with van der Waals surface area (Å²) in [6, 6.07) is 1.85. The van der Waals surface area contributed by atoms with E-state index < -0.39 is 0 Å². The van der Waals surface area contributed by atoms with Gasteiger partial charge in [-0.15, -0.1) is 0 Å². The Morgan fingerprint density at radius 1 is 1.24 bits per heavy atom. The molecule has 1 aliphatic carbocycles. The van der Waals surface area contributed by atoms with Crippen LogP contribution in [0.4, 0.5) is 5.95 Å². The molecular formula is C15H24N6. The van der Waals surface area contributed by atoms with E-state index in [-0.39, 0.29) is 0 Å². The van der Waals surface area contributed by atoms with Gasteiger partial charge >= 0.3 is 0 Å². The normalized spacial score (nSPS) is 19.8. The monoisotopic (exact) mass is 288 g/mol. The van der Waals surface area contributed by atoms with Crippen LogP contribution in [0.25, 0.3) is 0 Å². The van der Waals surface area contributed by atoms with E-state index in [4.69, 9.17) is 4.99 Å². The van der Waals surface area contributed by atoms with Gasteiger partial charge in [-0.1, -0.05) is 0 Å². The van der Waals surface area contributed by atoms with Crippen LogP contribution in [-0.4, -0.2) is 60.1 Å². The maximum absolute atomic E-state index is 4.78. The van der Waals surface area contributed by atoms with E-state index in [1.54, 1.807) is 12.4 Å². The van der Waals surface area contributed by atoms with Crippen LogP contribution in [0, 0.1) is 5.92 Å². The summed E-state index contributed by atoms with van der Waals surface area (Å²) in [5, 5.41) is 3.42. The fourth-order valence-electron chi connectivity index (χ4n) is 2.51. The molecule has 114 valence electrons. The summed E-state index contributed by atoms with van der Waals surface area (Å²) < 4.78 is 0. The van der Waals surface area contributed by atoms with E-state index in [9.17, 15) is 0 Å². The van der Waals surface area contributed by atoms with Crippen molar-refractivity contribution in [2.45, 2.75) is 19.8 Å². The Balaban J connectivity index is 1.56. The topological polar surface area (TPSA) is 56.7 Å². The first-order valence-electron chi connectivity index (χ1n) is 7.92. The zero-order chi connectivity index (χ0) is 14.5. The number of anilines is 1. The van der Waals surface area contributed by atoms with Gasteiger partial charge in [0, 0.05) is 51.7 Å². The Bertz CT molecular complexity index is 462. The first kappa shape index (κ1) is 14.1. The molecule has 0 amide bonds. The highest BCUT2D eigenvalue weighted by molar-refractivity contribution is 5.80. The molecule has 0 atom stereocenters. The van der Waals surface area contributed by atoms with Crippen molar-refractivity contribution in [1.82, 2.24) is 20.2 Å². The van der Waals surface area contributed by atoms with Crippen LogP contribution in [-0.2, 0) is 0 Å². The van der Waals surface area contributed by atoms with Gasteiger partial charge in [0.2, 0.25) is 5.95 Å². The van der Waals surface area contributed by atoms with Crippen molar-refractivity contribution in [2.75, 3.05) is 44.2 Å². The number of nitrogens with zero attached hydrogens (tertiary/aromatic N) is 5. The average molecular weight is 288 g/mol. The molecule has 3 rings (SSSR count). The molecule has 2 heterocycles. The van der Waals surface area contributed by atoms with Gasteiger partial charge in [-0.2, -0.15) is 0 Å². The number of aliphatic imine (C=N–C) groups is 1. The van der Waals surface area contributed by atoms with Crippen molar-refractivity contribution in [1.29, 1.82) is 0 Å². The minimum Gasteiger partial charge on any atom is -0.357 e. The SMILES string of the molecule is CCNC(=NCC1CC1)N1CCN(c2ncccn2)CC1. The summed E-state index contributed by atoms with van der Waals surface area (Å²) in [6.07, 6.45) is 6.30. The minimum absolute atomic E-state index is 0.831. The summed E-state index contributed by atoms with van der Waals surface area (Å²) in [6.45, 7) is 7.84. The largest absolute Gasteiger partial charge is 0.357 e. The van der Waals surface area contributed by atoms with Crippen LogP contribution in [0.15, 0.2) is 23.5 Å². The molecule has 0 bridgehead atoms. The van der Waals surface area contributed by atoms with Crippen LogP contribution in [0.2, 0.25) is 0 Å². The molecule has 1 saturated carbocycles. The molecule has 1 saturated heterocycles. The van der Waals surface area contributed by atoms with E-state index in [0.717, 1.165) is 57.1 Å². The van der Waals surface area contributed by atoms with Crippen molar-refractivity contribution >= 4 is 11.9 Å². The maximum Gasteiger partial charge on any atom is 0.225 e. The number of hydrogen-bond acceptors (Lipinski definition) is 4. The number of piperazine rings is 1. The maximum atomic E-state index is 4.78. The molecule has 21 heavy (non-hydrogen) atoms. The van der Waals surface area contributed by atoms with Crippen LogP contribution < -0.4 is 10.2 Å². The molecule has 6 nitrogen and oxygen atoms in total. The Morgan fingerprint density at radius 3 is 2.57 bits per heavy atom. The lowest BCUT2D eigenvalue weighted by atomic mass is 10.3. The van der Waals surface area contributed by atoms with Gasteiger partial charge in [-0.25, -0.2) is 9.97 Å². The molecule has 0 radical (unpaired) electrons. The third-order valence-corrected chi connectivity index (χ3v) is 3.95. The van der Waals surface area contributed by atoms with Gasteiger partial charge < -0.3 is 15.1 Å². The van der Waals surface area contributed by atoms with Gasteiger partial charge in [0.1, 0.15) is 0 Å². The predicted molar refractivity (Wildman–Crippen MR) is 84.5 cm³/mol. The molecule has 0 aromatic carbocycles. The number of hydrogen-bond donors (Lipinski definition) is 1. The van der Waals surface area contributed by atoms with Crippen molar-refractivity contribution in [3.8, 4) is 0 Å². The van der Waals surface area contributed by atoms with Crippen molar-refractivity contribution in [3.63, 3.8) is 0 Å². The average Bonchev–Trinajstić information content (AvgIpc) is 3.37. The standard InChI is InChI=1S/C15H24N6/c1-2-16-14(19-12-13-4-5-13)20-8-10-21(11-9-20)15-17-6-3-7-18-15/h3,6-7,13H,2,4-5,8-12H2,1H3,(H,16,19). The fourth-order valence-corrected chi connectivity index (χ4v) is 2.51. The second-order valence-electron chi connectivity index (χ2n) is 5.66. The highest BCUT2D eigenvalue weighted by atomic mass is 15.4. The summed E-state index contributed by atoms with van der Waals surface area (Å²) in [5.74, 6) is 2.73. The Kier molecular flexibility index (Phi) is 4.52. The number of aromatic nitrogens is 2. The lowest BCUT2D eigenvalue weighted by molar-refractivity contribution is 0.370. The minimum atomic E-state index is 0.831. The lowest BCUT2D eigenvalue weighted by Gasteiger charge is -2.36. The van der Waals surface area contributed by atoms with E-state index >= 15 is 0 Å². The van der Waals surface area contributed by atoms with Gasteiger partial charge in [0.25, 0.3) is 0 Å². The quantitative estimate of drug-likeness (QED) is 0.661. The Morgan fingerprint density at radius 2 is 1.95 bits per heavy atom. The smallest absolute Gasteiger partial charge is 0.225 e. The van der Waals surface area contributed by atoms with Gasteiger partial charge in [-0.05, 0) is 31.7 Å². The Hall–Kier alpha value is -1.85. The second kappa shape index (κ2) is 6.74. The molecule has 1 aromatic heterocycles. The summed E-state index contributed by atoms with van der Waals surface area (Å²) in [5.41, 5.74) is 0. The summed E-state index contributed by atoms with van der Waals surface area (Å²) in [4.78, 5) is 18.0. The number of guanidine groups is 1. The van der Waals surface area contributed by atoms with Gasteiger partial charge in [-0.3, -0.25) is 4.99 Å². The highest BCUT2D eigenvalue weighted by Crippen LogP contribution is 2.28. The second-order valence-corrected chi connectivity index (χ2v) is 5.66. The van der Waals surface area contributed by atoms with E-state index in [1.807, 2.05) is 6.07 Å². The predicted octanol–water partition coefficient (Wildman–Crippen LogP) is 0.974. The zero-order valence-electron chi connectivity index (χ0n) is 12.7. The molecule has 0 spiro atoms. The van der Waals surface area contributed by atoms with Crippen LogP contribution in [0.5, 0.6) is 0 Å². The van der Waals surface area contributed by atoms with Crippen molar-refractivity contribution in [2.24, 2.45) is 10.9 Å².